The number of aliphatic hydroxyl groups excluding tert-OH is 1. The van der Waals surface area contributed by atoms with Crippen molar-refractivity contribution in [3.63, 3.8) is 0 Å². The molecule has 5 nitrogen and oxygen atoms in total. The molecule has 0 bridgehead atoms. The number of benzene rings is 1. The van der Waals surface area contributed by atoms with Gasteiger partial charge in [-0.2, -0.15) is 0 Å². The van der Waals surface area contributed by atoms with Gasteiger partial charge in [-0.25, -0.2) is 4.79 Å². The quantitative estimate of drug-likeness (QED) is 0.875. The second kappa shape index (κ2) is 6.16. The van der Waals surface area contributed by atoms with Crippen LogP contribution >= 0.6 is 0 Å². The van der Waals surface area contributed by atoms with E-state index < -0.39 is 11.7 Å². The lowest BCUT2D eigenvalue weighted by molar-refractivity contribution is 0.0635. The summed E-state index contributed by atoms with van der Waals surface area (Å²) in [5, 5.41) is 12.3. The summed E-state index contributed by atoms with van der Waals surface area (Å²) in [4.78, 5) is 12.0. The molecule has 0 heterocycles. The molecule has 1 saturated carbocycles. The van der Waals surface area contributed by atoms with E-state index in [1.807, 2.05) is 32.9 Å². The lowest BCUT2D eigenvalue weighted by Gasteiger charge is -2.21. The number of carbonyl (C=O) groups is 1. The van der Waals surface area contributed by atoms with Crippen molar-refractivity contribution in [3.8, 4) is 5.75 Å². The van der Waals surface area contributed by atoms with Gasteiger partial charge in [0, 0.05) is 12.3 Å². The number of amides is 1. The van der Waals surface area contributed by atoms with Gasteiger partial charge in [-0.1, -0.05) is 0 Å². The predicted molar refractivity (Wildman–Crippen MR) is 85.3 cm³/mol. The van der Waals surface area contributed by atoms with Crippen LogP contribution in [-0.4, -0.2) is 30.5 Å². The van der Waals surface area contributed by atoms with Crippen LogP contribution in [0.15, 0.2) is 18.2 Å². The van der Waals surface area contributed by atoms with E-state index in [1.54, 1.807) is 13.2 Å². The third-order valence-electron chi connectivity index (χ3n) is 3.81. The molecule has 0 unspecified atom stereocenters. The summed E-state index contributed by atoms with van der Waals surface area (Å²) >= 11 is 0. The minimum Gasteiger partial charge on any atom is -0.497 e. The number of hydrogen-bond donors (Lipinski definition) is 2. The molecule has 1 aliphatic carbocycles. The average Bonchev–Trinajstić information content (AvgIpc) is 3.19. The first-order valence-corrected chi connectivity index (χ1v) is 7.55. The SMILES string of the molecule is COc1ccc(NC(=O)OC(C)(C)C)c(CC2(CO)CC2)c1. The summed E-state index contributed by atoms with van der Waals surface area (Å²) < 4.78 is 10.6. The molecule has 2 rings (SSSR count). The fourth-order valence-corrected chi connectivity index (χ4v) is 2.35. The van der Waals surface area contributed by atoms with Crippen LogP contribution in [-0.2, 0) is 11.2 Å². The van der Waals surface area contributed by atoms with Gasteiger partial charge in [0.2, 0.25) is 0 Å². The average molecular weight is 307 g/mol. The molecule has 1 fully saturated rings. The van der Waals surface area contributed by atoms with Crippen molar-refractivity contribution < 1.29 is 19.4 Å². The van der Waals surface area contributed by atoms with Crippen molar-refractivity contribution in [3.05, 3.63) is 23.8 Å². The summed E-state index contributed by atoms with van der Waals surface area (Å²) in [6, 6.07) is 5.52. The van der Waals surface area contributed by atoms with Crippen LogP contribution in [0.5, 0.6) is 5.75 Å². The Labute approximate surface area is 131 Å². The highest BCUT2D eigenvalue weighted by Gasteiger charge is 2.42. The number of carbonyl (C=O) groups excluding carboxylic acids is 1. The van der Waals surface area contributed by atoms with E-state index in [-0.39, 0.29) is 12.0 Å². The van der Waals surface area contributed by atoms with Gasteiger partial charge >= 0.3 is 6.09 Å². The Morgan fingerprint density at radius 1 is 1.36 bits per heavy atom. The summed E-state index contributed by atoms with van der Waals surface area (Å²) in [5.74, 6) is 0.735. The van der Waals surface area contributed by atoms with Crippen LogP contribution in [0.3, 0.4) is 0 Å². The van der Waals surface area contributed by atoms with Crippen molar-refractivity contribution in [2.45, 2.75) is 45.6 Å². The minimum absolute atomic E-state index is 0.0449. The highest BCUT2D eigenvalue weighted by atomic mass is 16.6. The maximum atomic E-state index is 12.0. The Morgan fingerprint density at radius 2 is 2.05 bits per heavy atom. The second-order valence-corrected chi connectivity index (χ2v) is 6.98. The Morgan fingerprint density at radius 3 is 2.55 bits per heavy atom. The normalized spacial score (nSPS) is 16.0. The largest absolute Gasteiger partial charge is 0.497 e. The zero-order valence-corrected chi connectivity index (χ0v) is 13.7. The molecule has 0 aliphatic heterocycles. The summed E-state index contributed by atoms with van der Waals surface area (Å²) in [6.07, 6.45) is 2.25. The Kier molecular flexibility index (Phi) is 4.66. The van der Waals surface area contributed by atoms with Gasteiger partial charge < -0.3 is 14.6 Å². The molecule has 0 atom stereocenters. The van der Waals surface area contributed by atoms with Crippen LogP contribution in [0.4, 0.5) is 10.5 Å². The maximum absolute atomic E-state index is 12.0. The molecule has 0 saturated heterocycles. The number of ether oxygens (including phenoxy) is 2. The molecule has 1 amide bonds. The van der Waals surface area contributed by atoms with E-state index in [1.165, 1.54) is 0 Å². The molecule has 2 N–H and O–H groups in total. The monoisotopic (exact) mass is 307 g/mol. The van der Waals surface area contributed by atoms with Gasteiger partial charge in [0.15, 0.2) is 0 Å². The van der Waals surface area contributed by atoms with Crippen molar-refractivity contribution >= 4 is 11.8 Å². The first-order valence-electron chi connectivity index (χ1n) is 7.55. The van der Waals surface area contributed by atoms with Crippen LogP contribution in [0, 0.1) is 5.41 Å². The van der Waals surface area contributed by atoms with Crippen LogP contribution in [0.2, 0.25) is 0 Å². The molecule has 122 valence electrons. The van der Waals surface area contributed by atoms with Crippen molar-refractivity contribution in [2.24, 2.45) is 5.41 Å². The molecule has 0 aromatic heterocycles. The van der Waals surface area contributed by atoms with Gasteiger partial charge in [-0.05, 0) is 69.2 Å². The standard InChI is InChI=1S/C17H25NO4/c1-16(2,3)22-15(20)18-14-6-5-13(21-4)9-12(14)10-17(11-19)7-8-17/h5-6,9,19H,7-8,10-11H2,1-4H3,(H,18,20). The summed E-state index contributed by atoms with van der Waals surface area (Å²) in [5.41, 5.74) is 1.07. The van der Waals surface area contributed by atoms with Gasteiger partial charge in [0.05, 0.1) is 7.11 Å². The smallest absolute Gasteiger partial charge is 0.412 e. The lowest BCUT2D eigenvalue weighted by Crippen LogP contribution is -2.27. The summed E-state index contributed by atoms with van der Waals surface area (Å²) in [7, 11) is 1.61. The van der Waals surface area contributed by atoms with Crippen molar-refractivity contribution in [2.75, 3.05) is 19.0 Å². The predicted octanol–water partition coefficient (Wildman–Crippen LogP) is 3.36. The Hall–Kier alpha value is -1.75. The van der Waals surface area contributed by atoms with E-state index >= 15 is 0 Å². The Bertz CT molecular complexity index is 544. The van der Waals surface area contributed by atoms with E-state index in [0.717, 1.165) is 24.2 Å². The summed E-state index contributed by atoms with van der Waals surface area (Å²) in [6.45, 7) is 5.64. The van der Waals surface area contributed by atoms with E-state index in [4.69, 9.17) is 9.47 Å². The number of hydrogen-bond acceptors (Lipinski definition) is 4. The van der Waals surface area contributed by atoms with Crippen LogP contribution in [0.25, 0.3) is 0 Å². The fraction of sp³-hybridized carbons (Fsp3) is 0.588. The molecule has 1 aliphatic rings. The third-order valence-corrected chi connectivity index (χ3v) is 3.81. The number of anilines is 1. The van der Waals surface area contributed by atoms with Gasteiger partial charge in [-0.3, -0.25) is 5.32 Å². The maximum Gasteiger partial charge on any atom is 0.412 e. The van der Waals surface area contributed by atoms with Crippen molar-refractivity contribution in [1.29, 1.82) is 0 Å². The first-order chi connectivity index (χ1) is 10.3. The molecule has 0 radical (unpaired) electrons. The zero-order valence-electron chi connectivity index (χ0n) is 13.7. The highest BCUT2D eigenvalue weighted by molar-refractivity contribution is 5.86. The van der Waals surface area contributed by atoms with Crippen molar-refractivity contribution in [1.82, 2.24) is 0 Å². The van der Waals surface area contributed by atoms with E-state index in [2.05, 4.69) is 5.32 Å². The Balaban J connectivity index is 2.17. The minimum atomic E-state index is -0.542. The third kappa shape index (κ3) is 4.37. The first kappa shape index (κ1) is 16.6. The zero-order chi connectivity index (χ0) is 16.4. The molecule has 0 spiro atoms. The number of nitrogens with one attached hydrogen (secondary N) is 1. The topological polar surface area (TPSA) is 67.8 Å². The number of methoxy groups -OCH3 is 1. The molecule has 1 aromatic rings. The van der Waals surface area contributed by atoms with Gasteiger partial charge in [0.1, 0.15) is 11.4 Å². The molecule has 22 heavy (non-hydrogen) atoms. The molecular formula is C17H25NO4. The molecule has 5 heteroatoms. The molecule has 1 aromatic carbocycles. The van der Waals surface area contributed by atoms with Gasteiger partial charge in [0.25, 0.3) is 0 Å². The lowest BCUT2D eigenvalue weighted by atomic mass is 9.96. The van der Waals surface area contributed by atoms with E-state index in [9.17, 15) is 9.90 Å². The van der Waals surface area contributed by atoms with Gasteiger partial charge in [-0.15, -0.1) is 0 Å². The second-order valence-electron chi connectivity index (χ2n) is 6.98. The molecular weight excluding hydrogens is 282 g/mol. The highest BCUT2D eigenvalue weighted by Crippen LogP contribution is 2.49. The number of aliphatic hydroxyl groups is 1. The van der Waals surface area contributed by atoms with Crippen LogP contribution in [0.1, 0.15) is 39.2 Å². The fourth-order valence-electron chi connectivity index (χ4n) is 2.35. The van der Waals surface area contributed by atoms with E-state index in [0.29, 0.717) is 12.1 Å². The number of rotatable bonds is 5. The van der Waals surface area contributed by atoms with Crippen LogP contribution < -0.4 is 10.1 Å².